The second-order valence-corrected chi connectivity index (χ2v) is 6.21. The first-order chi connectivity index (χ1) is 10.3. The number of nitrogens with one attached hydrogen (secondary N) is 1. The fraction of sp³-hybridized carbons (Fsp3) is 0.231. The van der Waals surface area contributed by atoms with E-state index in [0.29, 0.717) is 5.75 Å². The first-order valence-corrected chi connectivity index (χ1v) is 7.68. The number of anilines is 1. The molecule has 0 atom stereocenters. The molecule has 0 saturated carbocycles. The molecule has 1 aromatic carbocycles. The van der Waals surface area contributed by atoms with Gasteiger partial charge in [0.05, 0.1) is 12.8 Å². The summed E-state index contributed by atoms with van der Waals surface area (Å²) in [7, 11) is -0.180. The van der Waals surface area contributed by atoms with Crippen molar-refractivity contribution in [2.24, 2.45) is 14.1 Å². The molecule has 0 fully saturated rings. The predicted octanol–water partition coefficient (Wildman–Crippen LogP) is -0.107. The maximum atomic E-state index is 12.4. The number of sulfonamides is 1. The van der Waals surface area contributed by atoms with Gasteiger partial charge in [-0.1, -0.05) is 12.1 Å². The van der Waals surface area contributed by atoms with E-state index in [2.05, 4.69) is 4.72 Å². The van der Waals surface area contributed by atoms with Crippen molar-refractivity contribution in [1.82, 2.24) is 9.13 Å². The van der Waals surface area contributed by atoms with Crippen LogP contribution in [0.15, 0.2) is 44.9 Å². The molecule has 0 aliphatic carbocycles. The van der Waals surface area contributed by atoms with E-state index in [1.165, 1.54) is 27.3 Å². The van der Waals surface area contributed by atoms with Crippen molar-refractivity contribution in [1.29, 1.82) is 0 Å². The summed E-state index contributed by atoms with van der Waals surface area (Å²) in [6, 6.07) is 6.39. The molecule has 8 nitrogen and oxygen atoms in total. The molecule has 1 heterocycles. The minimum absolute atomic E-state index is 0.195. The fourth-order valence-corrected chi connectivity index (χ4v) is 3.12. The maximum Gasteiger partial charge on any atom is 0.330 e. The Morgan fingerprint density at radius 1 is 1.14 bits per heavy atom. The quantitative estimate of drug-likeness (QED) is 0.846. The van der Waals surface area contributed by atoms with E-state index in [0.717, 1.165) is 15.3 Å². The van der Waals surface area contributed by atoms with Crippen LogP contribution in [-0.2, 0) is 24.1 Å². The molecule has 2 rings (SSSR count). The van der Waals surface area contributed by atoms with E-state index in [9.17, 15) is 18.0 Å². The highest BCUT2D eigenvalue weighted by molar-refractivity contribution is 7.92. The predicted molar refractivity (Wildman–Crippen MR) is 80.7 cm³/mol. The number of hydrogen-bond donors (Lipinski definition) is 1. The van der Waals surface area contributed by atoms with Gasteiger partial charge in [0.2, 0.25) is 0 Å². The van der Waals surface area contributed by atoms with Gasteiger partial charge in [0.25, 0.3) is 15.6 Å². The molecule has 9 heteroatoms. The largest absolute Gasteiger partial charge is 0.495 e. The van der Waals surface area contributed by atoms with E-state index < -0.39 is 26.2 Å². The van der Waals surface area contributed by atoms with Crippen molar-refractivity contribution in [3.8, 4) is 5.75 Å². The minimum atomic E-state index is -4.16. The minimum Gasteiger partial charge on any atom is -0.495 e. The van der Waals surface area contributed by atoms with Crippen molar-refractivity contribution in [2.45, 2.75) is 4.90 Å². The van der Waals surface area contributed by atoms with E-state index in [1.54, 1.807) is 18.2 Å². The number of aryl methyl sites for hydroxylation is 1. The molecule has 1 aromatic heterocycles. The van der Waals surface area contributed by atoms with Gasteiger partial charge in [0.15, 0.2) is 4.90 Å². The third kappa shape index (κ3) is 2.75. The molecule has 0 radical (unpaired) electrons. The molecule has 0 unspecified atom stereocenters. The highest BCUT2D eigenvalue weighted by Gasteiger charge is 2.22. The summed E-state index contributed by atoms with van der Waals surface area (Å²) in [6.45, 7) is 0. The number of hydrogen-bond acceptors (Lipinski definition) is 5. The van der Waals surface area contributed by atoms with Crippen LogP contribution >= 0.6 is 0 Å². The average Bonchev–Trinajstić information content (AvgIpc) is 2.48. The first-order valence-electron chi connectivity index (χ1n) is 6.20. The third-order valence-corrected chi connectivity index (χ3v) is 4.40. The van der Waals surface area contributed by atoms with Crippen LogP contribution in [0.1, 0.15) is 0 Å². The molecule has 0 saturated heterocycles. The lowest BCUT2D eigenvalue weighted by atomic mass is 10.3. The molecule has 0 aliphatic rings. The van der Waals surface area contributed by atoms with Crippen molar-refractivity contribution < 1.29 is 13.2 Å². The molecule has 1 N–H and O–H groups in total. The topological polar surface area (TPSA) is 99.4 Å². The van der Waals surface area contributed by atoms with E-state index in [4.69, 9.17) is 4.74 Å². The second kappa shape index (κ2) is 5.68. The lowest BCUT2D eigenvalue weighted by Crippen LogP contribution is -2.40. The van der Waals surface area contributed by atoms with Gasteiger partial charge < -0.3 is 9.30 Å². The Kier molecular flexibility index (Phi) is 4.09. The Morgan fingerprint density at radius 3 is 2.41 bits per heavy atom. The van der Waals surface area contributed by atoms with Crippen molar-refractivity contribution >= 4 is 15.7 Å². The normalized spacial score (nSPS) is 11.2. The summed E-state index contributed by atoms with van der Waals surface area (Å²) in [5.74, 6) is 0.313. The van der Waals surface area contributed by atoms with E-state index >= 15 is 0 Å². The molecule has 0 bridgehead atoms. The molecular weight excluding hydrogens is 310 g/mol. The number of aromatic nitrogens is 2. The Morgan fingerprint density at radius 2 is 1.77 bits per heavy atom. The summed E-state index contributed by atoms with van der Waals surface area (Å²) in [6.07, 6.45) is 0.989. The summed E-state index contributed by atoms with van der Waals surface area (Å²) in [5.41, 5.74) is -1.31. The molecular formula is C13H15N3O5S. The molecule has 0 spiro atoms. The molecule has 22 heavy (non-hydrogen) atoms. The fourth-order valence-electron chi connectivity index (χ4n) is 1.89. The van der Waals surface area contributed by atoms with Gasteiger partial charge in [-0.25, -0.2) is 13.2 Å². The van der Waals surface area contributed by atoms with Crippen LogP contribution in [0, 0.1) is 0 Å². The Bertz CT molecular complexity index is 927. The van der Waals surface area contributed by atoms with Crippen molar-refractivity contribution in [3.63, 3.8) is 0 Å². The van der Waals surface area contributed by atoms with Crippen molar-refractivity contribution in [2.75, 3.05) is 11.8 Å². The number of nitrogens with zero attached hydrogens (tertiary/aromatic N) is 2. The van der Waals surface area contributed by atoms with E-state index in [-0.39, 0.29) is 5.69 Å². The number of benzene rings is 1. The number of methoxy groups -OCH3 is 1. The first kappa shape index (κ1) is 15.8. The standard InChI is InChI=1S/C13H15N3O5S/c1-15-8-11(12(17)16(2)13(15)18)22(19,20)14-9-6-4-5-7-10(9)21-3/h4-8,14H,1-3H3. The van der Waals surface area contributed by atoms with Crippen LogP contribution in [0.2, 0.25) is 0 Å². The molecule has 2 aromatic rings. The van der Waals surface area contributed by atoms with Crippen LogP contribution in [-0.4, -0.2) is 24.7 Å². The van der Waals surface area contributed by atoms with E-state index in [1.807, 2.05) is 0 Å². The Hall–Kier alpha value is -2.55. The van der Waals surface area contributed by atoms with Crippen LogP contribution in [0.25, 0.3) is 0 Å². The molecule has 0 amide bonds. The smallest absolute Gasteiger partial charge is 0.330 e. The summed E-state index contributed by atoms with van der Waals surface area (Å²) < 4.78 is 33.9. The summed E-state index contributed by atoms with van der Waals surface area (Å²) in [4.78, 5) is 23.1. The Labute approximate surface area is 126 Å². The van der Waals surface area contributed by atoms with Gasteiger partial charge in [-0.2, -0.15) is 0 Å². The zero-order valence-corrected chi connectivity index (χ0v) is 13.0. The number of rotatable bonds is 4. The van der Waals surface area contributed by atoms with Gasteiger partial charge in [-0.15, -0.1) is 0 Å². The zero-order chi connectivity index (χ0) is 16.5. The summed E-state index contributed by atoms with van der Waals surface area (Å²) >= 11 is 0. The van der Waals surface area contributed by atoms with Gasteiger partial charge in [-0.05, 0) is 12.1 Å². The van der Waals surface area contributed by atoms with Gasteiger partial charge in [-0.3, -0.25) is 14.1 Å². The third-order valence-electron chi connectivity index (χ3n) is 3.06. The SMILES string of the molecule is COc1ccccc1NS(=O)(=O)c1cn(C)c(=O)n(C)c1=O. The number of ether oxygens (including phenoxy) is 1. The lowest BCUT2D eigenvalue weighted by molar-refractivity contribution is 0.417. The van der Waals surface area contributed by atoms with Crippen LogP contribution in [0.4, 0.5) is 5.69 Å². The van der Waals surface area contributed by atoms with Gasteiger partial charge in [0.1, 0.15) is 5.75 Å². The Balaban J connectivity index is 2.57. The van der Waals surface area contributed by atoms with Crippen LogP contribution < -0.4 is 20.7 Å². The monoisotopic (exact) mass is 325 g/mol. The lowest BCUT2D eigenvalue weighted by Gasteiger charge is -2.12. The maximum absolute atomic E-state index is 12.4. The van der Waals surface area contributed by atoms with Crippen LogP contribution in [0.5, 0.6) is 5.75 Å². The second-order valence-electron chi connectivity index (χ2n) is 4.56. The molecule has 0 aliphatic heterocycles. The summed E-state index contributed by atoms with van der Waals surface area (Å²) in [5, 5.41) is 0. The van der Waals surface area contributed by atoms with Gasteiger partial charge >= 0.3 is 5.69 Å². The highest BCUT2D eigenvalue weighted by atomic mass is 32.2. The van der Waals surface area contributed by atoms with Crippen LogP contribution in [0.3, 0.4) is 0 Å². The zero-order valence-electron chi connectivity index (χ0n) is 12.2. The van der Waals surface area contributed by atoms with Crippen molar-refractivity contribution in [3.05, 3.63) is 51.3 Å². The highest BCUT2D eigenvalue weighted by Crippen LogP contribution is 2.25. The number of para-hydroxylation sites is 2. The van der Waals surface area contributed by atoms with Gasteiger partial charge in [0, 0.05) is 20.3 Å². The molecule has 118 valence electrons. The average molecular weight is 325 g/mol.